The summed E-state index contributed by atoms with van der Waals surface area (Å²) in [5, 5.41) is 0. The van der Waals surface area contributed by atoms with E-state index in [1.54, 1.807) is 11.1 Å². The van der Waals surface area contributed by atoms with Gasteiger partial charge in [-0.25, -0.2) is 0 Å². The van der Waals surface area contributed by atoms with Gasteiger partial charge in [0.15, 0.2) is 0 Å². The molecule has 0 heteroatoms. The van der Waals surface area contributed by atoms with Crippen LogP contribution in [0.5, 0.6) is 0 Å². The second-order valence-corrected chi connectivity index (χ2v) is 9.29. The van der Waals surface area contributed by atoms with Crippen molar-refractivity contribution in [2.75, 3.05) is 0 Å². The molecule has 1 aromatic carbocycles. The number of rotatable bonds is 1. The summed E-state index contributed by atoms with van der Waals surface area (Å²) in [5.41, 5.74) is 6.58. The normalized spacial score (nSPS) is 19.2. The number of hydrogen-bond donors (Lipinski definition) is 0. The van der Waals surface area contributed by atoms with Crippen molar-refractivity contribution in [3.8, 4) is 0 Å². The molecule has 0 atom stereocenters. The average molecular weight is 296 g/mol. The van der Waals surface area contributed by atoms with Crippen LogP contribution in [-0.2, 0) is 0 Å². The van der Waals surface area contributed by atoms with Gasteiger partial charge in [0.05, 0.1) is 0 Å². The fourth-order valence-corrected chi connectivity index (χ4v) is 4.12. The minimum absolute atomic E-state index is 0.101. The van der Waals surface area contributed by atoms with E-state index < -0.39 is 0 Å². The van der Waals surface area contributed by atoms with Gasteiger partial charge in [0.25, 0.3) is 0 Å². The first-order valence-electron chi connectivity index (χ1n) is 8.45. The van der Waals surface area contributed by atoms with Crippen LogP contribution in [0.15, 0.2) is 47.6 Å². The summed E-state index contributed by atoms with van der Waals surface area (Å²) in [5.74, 6) is 0. The van der Waals surface area contributed by atoms with Gasteiger partial charge < -0.3 is 0 Å². The molecule has 0 spiro atoms. The maximum absolute atomic E-state index is 2.50. The lowest BCUT2D eigenvalue weighted by Gasteiger charge is -2.44. The highest BCUT2D eigenvalue weighted by molar-refractivity contribution is 5.71. The third-order valence-corrected chi connectivity index (χ3v) is 4.65. The Balaban J connectivity index is 2.61. The van der Waals surface area contributed by atoms with E-state index in [-0.39, 0.29) is 16.2 Å². The van der Waals surface area contributed by atoms with E-state index in [2.05, 4.69) is 91.8 Å². The summed E-state index contributed by atoms with van der Waals surface area (Å²) in [7, 11) is 0. The smallest absolute Gasteiger partial charge is 0.00486 e. The first kappa shape index (κ1) is 17.1. The standard InChI is InChI=1S/C22H32/c1-20(2,3)18-14-17(16-12-10-9-11-13-16)15-22(7,8)19(18)21(4,5)6/h9-13,15H,14H2,1-8H3. The second kappa shape index (κ2) is 5.41. The molecule has 2 rings (SSSR count). The molecule has 0 unspecified atom stereocenters. The molecule has 0 radical (unpaired) electrons. The minimum Gasteiger partial charge on any atom is -0.0707 e. The molecule has 22 heavy (non-hydrogen) atoms. The zero-order valence-corrected chi connectivity index (χ0v) is 15.7. The molecule has 1 aliphatic rings. The summed E-state index contributed by atoms with van der Waals surface area (Å²) >= 11 is 0. The summed E-state index contributed by atoms with van der Waals surface area (Å²) in [6.45, 7) is 18.9. The van der Waals surface area contributed by atoms with Gasteiger partial charge >= 0.3 is 0 Å². The van der Waals surface area contributed by atoms with Gasteiger partial charge in [-0.3, -0.25) is 0 Å². The van der Waals surface area contributed by atoms with Crippen LogP contribution in [0, 0.1) is 16.2 Å². The van der Waals surface area contributed by atoms with Crippen molar-refractivity contribution in [3.63, 3.8) is 0 Å². The van der Waals surface area contributed by atoms with E-state index in [9.17, 15) is 0 Å². The lowest BCUT2D eigenvalue weighted by atomic mass is 9.60. The summed E-state index contributed by atoms with van der Waals surface area (Å²) in [6, 6.07) is 10.9. The minimum atomic E-state index is 0.101. The van der Waals surface area contributed by atoms with Crippen molar-refractivity contribution in [1.82, 2.24) is 0 Å². The van der Waals surface area contributed by atoms with Crippen LogP contribution in [-0.4, -0.2) is 0 Å². The molecule has 0 fully saturated rings. The molecule has 0 N–H and O–H groups in total. The number of allylic oxidation sites excluding steroid dienone is 4. The van der Waals surface area contributed by atoms with E-state index in [4.69, 9.17) is 0 Å². The Hall–Kier alpha value is -1.30. The monoisotopic (exact) mass is 296 g/mol. The average Bonchev–Trinajstić information content (AvgIpc) is 2.35. The predicted molar refractivity (Wildman–Crippen MR) is 98.8 cm³/mol. The van der Waals surface area contributed by atoms with Gasteiger partial charge in [-0.15, -0.1) is 0 Å². The molecule has 0 aromatic heterocycles. The largest absolute Gasteiger partial charge is 0.0707 e. The molecule has 1 aliphatic carbocycles. The maximum Gasteiger partial charge on any atom is 0.00486 e. The zero-order valence-electron chi connectivity index (χ0n) is 15.7. The highest BCUT2D eigenvalue weighted by Gasteiger charge is 2.39. The van der Waals surface area contributed by atoms with Gasteiger partial charge in [0.2, 0.25) is 0 Å². The van der Waals surface area contributed by atoms with Crippen LogP contribution in [0.4, 0.5) is 0 Å². The number of benzene rings is 1. The van der Waals surface area contributed by atoms with Gasteiger partial charge in [-0.05, 0) is 28.4 Å². The van der Waals surface area contributed by atoms with Gasteiger partial charge in [-0.2, -0.15) is 0 Å². The Labute approximate surface area is 137 Å². The number of hydrogen-bond acceptors (Lipinski definition) is 0. The molecule has 0 bridgehead atoms. The molecule has 120 valence electrons. The van der Waals surface area contributed by atoms with Crippen molar-refractivity contribution in [3.05, 3.63) is 53.1 Å². The fraction of sp³-hybridized carbons (Fsp3) is 0.545. The quantitative estimate of drug-likeness (QED) is 0.495. The van der Waals surface area contributed by atoms with Crippen LogP contribution < -0.4 is 0 Å². The Morgan fingerprint density at radius 2 is 1.36 bits per heavy atom. The van der Waals surface area contributed by atoms with Crippen molar-refractivity contribution in [1.29, 1.82) is 0 Å². The lowest BCUT2D eigenvalue weighted by Crippen LogP contribution is -2.31. The van der Waals surface area contributed by atoms with Crippen molar-refractivity contribution >= 4 is 5.57 Å². The third-order valence-electron chi connectivity index (χ3n) is 4.65. The van der Waals surface area contributed by atoms with Crippen LogP contribution in [0.3, 0.4) is 0 Å². The highest BCUT2D eigenvalue weighted by atomic mass is 14.4. The molecular formula is C22H32. The van der Waals surface area contributed by atoms with Gasteiger partial charge in [0.1, 0.15) is 0 Å². The van der Waals surface area contributed by atoms with Crippen molar-refractivity contribution < 1.29 is 0 Å². The van der Waals surface area contributed by atoms with Crippen LogP contribution in [0.25, 0.3) is 5.57 Å². The summed E-state index contributed by atoms with van der Waals surface area (Å²) < 4.78 is 0. The second-order valence-electron chi connectivity index (χ2n) is 9.29. The highest BCUT2D eigenvalue weighted by Crippen LogP contribution is 2.53. The van der Waals surface area contributed by atoms with Crippen LogP contribution in [0.1, 0.15) is 67.4 Å². The molecular weight excluding hydrogens is 264 g/mol. The van der Waals surface area contributed by atoms with E-state index >= 15 is 0 Å². The molecule has 0 amide bonds. The summed E-state index contributed by atoms with van der Waals surface area (Å²) in [4.78, 5) is 0. The lowest BCUT2D eigenvalue weighted by molar-refractivity contribution is 0.353. The Morgan fingerprint density at radius 1 is 0.818 bits per heavy atom. The van der Waals surface area contributed by atoms with Crippen molar-refractivity contribution in [2.24, 2.45) is 16.2 Å². The molecule has 0 nitrogen and oxygen atoms in total. The SMILES string of the molecule is CC(C)(C)C1=C(C(C)(C)C)C(C)(C)C=C(c2ccccc2)C1. The molecule has 0 saturated heterocycles. The Kier molecular flexibility index (Phi) is 4.19. The van der Waals surface area contributed by atoms with E-state index in [1.807, 2.05) is 0 Å². The third kappa shape index (κ3) is 3.37. The maximum atomic E-state index is 2.50. The Morgan fingerprint density at radius 3 is 1.82 bits per heavy atom. The first-order chi connectivity index (χ1) is 9.93. The topological polar surface area (TPSA) is 0 Å². The first-order valence-corrected chi connectivity index (χ1v) is 8.45. The molecule has 1 aromatic rings. The van der Waals surface area contributed by atoms with Gasteiger partial charge in [0, 0.05) is 5.41 Å². The van der Waals surface area contributed by atoms with Crippen LogP contribution >= 0.6 is 0 Å². The molecule has 0 aliphatic heterocycles. The van der Waals surface area contributed by atoms with Crippen molar-refractivity contribution in [2.45, 2.75) is 61.8 Å². The van der Waals surface area contributed by atoms with Gasteiger partial charge in [-0.1, -0.05) is 103 Å². The van der Waals surface area contributed by atoms with Crippen LogP contribution in [0.2, 0.25) is 0 Å². The van der Waals surface area contributed by atoms with E-state index in [1.165, 1.54) is 11.1 Å². The Bertz CT molecular complexity index is 596. The van der Waals surface area contributed by atoms with E-state index in [0.717, 1.165) is 6.42 Å². The molecule has 0 heterocycles. The fourth-order valence-electron chi connectivity index (χ4n) is 4.12. The zero-order chi connectivity index (χ0) is 16.8. The molecule has 0 saturated carbocycles. The summed E-state index contributed by atoms with van der Waals surface area (Å²) in [6.07, 6.45) is 3.57. The van der Waals surface area contributed by atoms with E-state index in [0.29, 0.717) is 0 Å². The predicted octanol–water partition coefficient (Wildman–Crippen LogP) is 6.89.